The van der Waals surface area contributed by atoms with E-state index in [2.05, 4.69) is 10.6 Å². The van der Waals surface area contributed by atoms with Gasteiger partial charge in [-0.1, -0.05) is 0 Å². The zero-order chi connectivity index (χ0) is 12.3. The maximum atomic E-state index is 11.6. The molecule has 1 aliphatic rings. The number of nitrogens with zero attached hydrogens (tertiary/aromatic N) is 1. The number of carboxylic acids is 1. The van der Waals surface area contributed by atoms with E-state index in [4.69, 9.17) is 5.11 Å². The van der Waals surface area contributed by atoms with Crippen LogP contribution in [0.4, 0.5) is 0 Å². The molecule has 0 spiro atoms. The molecule has 6 nitrogen and oxygen atoms in total. The number of carboxylic acid groups (broad SMARTS) is 1. The summed E-state index contributed by atoms with van der Waals surface area (Å²) < 4.78 is 0.564. The van der Waals surface area contributed by atoms with E-state index in [1.165, 1.54) is 0 Å². The predicted molar refractivity (Wildman–Crippen MR) is 58.9 cm³/mol. The number of hydrogen-bond donors (Lipinski definition) is 3. The van der Waals surface area contributed by atoms with Crippen molar-refractivity contribution in [2.45, 2.75) is 18.5 Å². The van der Waals surface area contributed by atoms with Crippen molar-refractivity contribution in [1.29, 1.82) is 0 Å². The van der Waals surface area contributed by atoms with Crippen molar-refractivity contribution in [2.75, 3.05) is 34.2 Å². The lowest BCUT2D eigenvalue weighted by atomic mass is 10.2. The third kappa shape index (κ3) is 5.86. The highest BCUT2D eigenvalue weighted by Crippen LogP contribution is 2.06. The van der Waals surface area contributed by atoms with Gasteiger partial charge in [-0.15, -0.1) is 0 Å². The molecule has 0 radical (unpaired) electrons. The molecule has 1 aliphatic heterocycles. The number of amides is 1. The number of rotatable bonds is 4. The highest BCUT2D eigenvalue weighted by Gasteiger charge is 2.30. The quantitative estimate of drug-likeness (QED) is 0.449. The lowest BCUT2D eigenvalue weighted by Crippen LogP contribution is -3.00. The van der Waals surface area contributed by atoms with Crippen LogP contribution in [0.1, 0.15) is 6.42 Å². The van der Waals surface area contributed by atoms with Crippen LogP contribution in [0.3, 0.4) is 0 Å². The zero-order valence-corrected chi connectivity index (χ0v) is 11.1. The molecule has 0 aromatic carbocycles. The Balaban J connectivity index is 0.00000256. The molecule has 0 saturated carbocycles. The molecule has 0 aromatic heterocycles. The molecule has 1 amide bonds. The van der Waals surface area contributed by atoms with E-state index in [1.807, 2.05) is 21.1 Å². The molecule has 1 heterocycles. The monoisotopic (exact) mass is 265 g/mol. The van der Waals surface area contributed by atoms with E-state index in [1.54, 1.807) is 0 Å². The summed E-state index contributed by atoms with van der Waals surface area (Å²) >= 11 is 0. The number of quaternary nitrogens is 1. The lowest BCUT2D eigenvalue weighted by molar-refractivity contribution is -0.862. The Morgan fingerprint density at radius 1 is 1.41 bits per heavy atom. The van der Waals surface area contributed by atoms with Crippen LogP contribution in [0.5, 0.6) is 0 Å². The molecule has 1 rings (SSSR count). The van der Waals surface area contributed by atoms with E-state index in [0.29, 0.717) is 24.0 Å². The molecule has 7 heteroatoms. The number of likely N-dealkylation sites (N-methyl/N-ethyl adjacent to an activating group) is 1. The Bertz CT molecular complexity index is 291. The second kappa shape index (κ2) is 6.18. The second-order valence-corrected chi connectivity index (χ2v) is 5.25. The van der Waals surface area contributed by atoms with E-state index < -0.39 is 12.0 Å². The topological polar surface area (TPSA) is 78.4 Å². The first-order valence-electron chi connectivity index (χ1n) is 5.34. The van der Waals surface area contributed by atoms with Crippen molar-refractivity contribution in [3.63, 3.8) is 0 Å². The standard InChI is InChI=1S/C10H19N3O3.ClH/c1-13(2,3)6-9(14)12-7-4-8(10(15)16)11-5-7;/h7-8,11H,4-6H2,1-3H3,(H-,12,14,15,16);1H/t7-,8+;/m0./s1. The fraction of sp³-hybridized carbons (Fsp3) is 0.800. The largest absolute Gasteiger partial charge is 1.00 e. The first-order chi connectivity index (χ1) is 7.28. The number of aliphatic carboxylic acids is 1. The third-order valence-electron chi connectivity index (χ3n) is 2.41. The number of carbonyl (C=O) groups is 2. The summed E-state index contributed by atoms with van der Waals surface area (Å²) in [5.41, 5.74) is 0. The van der Waals surface area contributed by atoms with Crippen molar-refractivity contribution in [1.82, 2.24) is 10.6 Å². The van der Waals surface area contributed by atoms with Gasteiger partial charge in [0.25, 0.3) is 5.91 Å². The summed E-state index contributed by atoms with van der Waals surface area (Å²) in [7, 11) is 5.81. The molecule has 1 saturated heterocycles. The number of carbonyl (C=O) groups excluding carboxylic acids is 1. The normalized spacial score (nSPS) is 23.9. The van der Waals surface area contributed by atoms with Crippen molar-refractivity contribution in [2.24, 2.45) is 0 Å². The highest BCUT2D eigenvalue weighted by atomic mass is 35.5. The highest BCUT2D eigenvalue weighted by molar-refractivity contribution is 5.78. The minimum absolute atomic E-state index is 0. The maximum absolute atomic E-state index is 11.6. The zero-order valence-electron chi connectivity index (χ0n) is 10.4. The van der Waals surface area contributed by atoms with E-state index in [-0.39, 0.29) is 24.4 Å². The molecule has 1 fully saturated rings. The predicted octanol–water partition coefficient (Wildman–Crippen LogP) is -4.37. The van der Waals surface area contributed by atoms with Gasteiger partial charge in [0, 0.05) is 12.6 Å². The van der Waals surface area contributed by atoms with Gasteiger partial charge >= 0.3 is 5.97 Å². The summed E-state index contributed by atoms with van der Waals surface area (Å²) in [6.45, 7) is 0.925. The van der Waals surface area contributed by atoms with Gasteiger partial charge in [0.15, 0.2) is 6.54 Å². The SMILES string of the molecule is C[N+](C)(C)CC(=O)N[C@@H]1CN[C@@H](C(=O)O)C1.[Cl-]. The van der Waals surface area contributed by atoms with Gasteiger partial charge in [0.05, 0.1) is 21.1 Å². The van der Waals surface area contributed by atoms with Crippen LogP contribution < -0.4 is 23.0 Å². The molecule has 0 aliphatic carbocycles. The van der Waals surface area contributed by atoms with Gasteiger partial charge in [0.1, 0.15) is 6.04 Å². The van der Waals surface area contributed by atoms with Crippen LogP contribution >= 0.6 is 0 Å². The summed E-state index contributed by atoms with van der Waals surface area (Å²) in [5, 5.41) is 14.5. The molecule has 2 atom stereocenters. The Hall–Kier alpha value is -0.850. The fourth-order valence-electron chi connectivity index (χ4n) is 1.74. The van der Waals surface area contributed by atoms with E-state index in [9.17, 15) is 9.59 Å². The first kappa shape index (κ1) is 16.1. The molecule has 0 aromatic rings. The minimum atomic E-state index is -0.858. The fourth-order valence-corrected chi connectivity index (χ4v) is 1.74. The average Bonchev–Trinajstić information content (AvgIpc) is 2.48. The Kier molecular flexibility index (Phi) is 5.87. The van der Waals surface area contributed by atoms with Crippen LogP contribution in [-0.4, -0.2) is 67.8 Å². The summed E-state index contributed by atoms with van der Waals surface area (Å²) in [6, 6.07) is -0.602. The molecule has 0 bridgehead atoms. The first-order valence-corrected chi connectivity index (χ1v) is 5.34. The van der Waals surface area contributed by atoms with Gasteiger partial charge in [-0.05, 0) is 6.42 Å². The van der Waals surface area contributed by atoms with Crippen molar-refractivity contribution >= 4 is 11.9 Å². The van der Waals surface area contributed by atoms with Gasteiger partial charge in [0.2, 0.25) is 0 Å². The minimum Gasteiger partial charge on any atom is -1.00 e. The summed E-state index contributed by atoms with van der Waals surface area (Å²) in [4.78, 5) is 22.3. The van der Waals surface area contributed by atoms with Crippen LogP contribution in [0.15, 0.2) is 0 Å². The van der Waals surface area contributed by atoms with Crippen molar-refractivity contribution in [3.05, 3.63) is 0 Å². The van der Waals surface area contributed by atoms with Crippen LogP contribution in [0.25, 0.3) is 0 Å². The smallest absolute Gasteiger partial charge is 0.320 e. The number of halogens is 1. The van der Waals surface area contributed by atoms with Gasteiger partial charge in [-0.3, -0.25) is 9.59 Å². The molecule has 3 N–H and O–H groups in total. The molecule has 17 heavy (non-hydrogen) atoms. The summed E-state index contributed by atoms with van der Waals surface area (Å²) in [6.07, 6.45) is 0.457. The number of nitrogens with one attached hydrogen (secondary N) is 2. The van der Waals surface area contributed by atoms with Crippen molar-refractivity contribution in [3.8, 4) is 0 Å². The van der Waals surface area contributed by atoms with Crippen LogP contribution in [-0.2, 0) is 9.59 Å². The Labute approximate surface area is 107 Å². The summed E-state index contributed by atoms with van der Waals surface area (Å²) in [5.74, 6) is -0.895. The third-order valence-corrected chi connectivity index (χ3v) is 2.41. The van der Waals surface area contributed by atoms with Gasteiger partial charge < -0.3 is 32.6 Å². The van der Waals surface area contributed by atoms with Gasteiger partial charge in [-0.25, -0.2) is 0 Å². The maximum Gasteiger partial charge on any atom is 0.320 e. The van der Waals surface area contributed by atoms with E-state index in [0.717, 1.165) is 0 Å². The Morgan fingerprint density at radius 3 is 2.41 bits per heavy atom. The average molecular weight is 266 g/mol. The molecule has 0 unspecified atom stereocenters. The van der Waals surface area contributed by atoms with Gasteiger partial charge in [-0.2, -0.15) is 0 Å². The molecular weight excluding hydrogens is 246 g/mol. The van der Waals surface area contributed by atoms with Crippen LogP contribution in [0.2, 0.25) is 0 Å². The lowest BCUT2D eigenvalue weighted by Gasteiger charge is -2.23. The second-order valence-electron chi connectivity index (χ2n) is 5.25. The van der Waals surface area contributed by atoms with E-state index >= 15 is 0 Å². The van der Waals surface area contributed by atoms with Crippen LogP contribution in [0, 0.1) is 0 Å². The number of hydrogen-bond acceptors (Lipinski definition) is 3. The van der Waals surface area contributed by atoms with Crippen molar-refractivity contribution < 1.29 is 31.6 Å². The Morgan fingerprint density at radius 2 is 2.00 bits per heavy atom. The molecule has 100 valence electrons. The molecular formula is C10H20ClN3O3.